The monoisotopic (exact) mass is 389 g/mol. The van der Waals surface area contributed by atoms with Gasteiger partial charge in [0, 0.05) is 24.5 Å². The van der Waals surface area contributed by atoms with E-state index >= 15 is 0 Å². The van der Waals surface area contributed by atoms with Crippen molar-refractivity contribution < 1.29 is 9.59 Å². The maximum atomic E-state index is 12.7. The van der Waals surface area contributed by atoms with Crippen LogP contribution in [-0.2, 0) is 9.59 Å². The van der Waals surface area contributed by atoms with Crippen LogP contribution in [0.3, 0.4) is 0 Å². The Morgan fingerprint density at radius 2 is 2.11 bits per heavy atom. The number of aryl methyl sites for hydroxylation is 2. The maximum Gasteiger partial charge on any atom is 0.237 e. The molecule has 0 aromatic heterocycles. The average Bonchev–Trinajstić information content (AvgIpc) is 3.20. The molecule has 2 atom stereocenters. The predicted octanol–water partition coefficient (Wildman–Crippen LogP) is 2.50. The highest BCUT2D eigenvalue weighted by Gasteiger charge is 2.26. The van der Waals surface area contributed by atoms with Gasteiger partial charge in [-0.25, -0.2) is 0 Å². The lowest BCUT2D eigenvalue weighted by molar-refractivity contribution is -0.130. The lowest BCUT2D eigenvalue weighted by Gasteiger charge is -2.33. The number of benzene rings is 1. The van der Waals surface area contributed by atoms with Crippen molar-refractivity contribution >= 4 is 23.6 Å². The van der Waals surface area contributed by atoms with Crippen LogP contribution in [0.15, 0.2) is 23.1 Å². The normalized spacial score (nSPS) is 22.7. The van der Waals surface area contributed by atoms with Gasteiger partial charge in [0.15, 0.2) is 0 Å². The number of hydrogen-bond donors (Lipinski definition) is 2. The van der Waals surface area contributed by atoms with Crippen LogP contribution in [0.1, 0.15) is 36.8 Å². The van der Waals surface area contributed by atoms with E-state index in [-0.39, 0.29) is 17.9 Å². The van der Waals surface area contributed by atoms with Crippen molar-refractivity contribution in [2.75, 3.05) is 31.9 Å². The van der Waals surface area contributed by atoms with Crippen molar-refractivity contribution in [1.29, 1.82) is 0 Å². The summed E-state index contributed by atoms with van der Waals surface area (Å²) in [6, 6.07) is 6.33. The minimum Gasteiger partial charge on any atom is -0.354 e. The van der Waals surface area contributed by atoms with Crippen molar-refractivity contribution in [3.63, 3.8) is 0 Å². The number of likely N-dealkylation sites (tertiary alicyclic amines) is 1. The first-order valence-corrected chi connectivity index (χ1v) is 11.0. The molecule has 27 heavy (non-hydrogen) atoms. The summed E-state index contributed by atoms with van der Waals surface area (Å²) in [7, 11) is 0. The Hall–Kier alpha value is -1.53. The van der Waals surface area contributed by atoms with Crippen molar-refractivity contribution in [1.82, 2.24) is 15.5 Å². The highest BCUT2D eigenvalue weighted by molar-refractivity contribution is 8.00. The van der Waals surface area contributed by atoms with Crippen LogP contribution >= 0.6 is 11.8 Å². The minimum atomic E-state index is -0.0273. The molecule has 0 radical (unpaired) electrons. The molecule has 2 heterocycles. The Labute approximate surface area is 166 Å². The fraction of sp³-hybridized carbons (Fsp3) is 0.619. The molecule has 5 nitrogen and oxygen atoms in total. The Bertz CT molecular complexity index is 673. The number of carbonyl (C=O) groups is 2. The van der Waals surface area contributed by atoms with E-state index in [9.17, 15) is 9.59 Å². The van der Waals surface area contributed by atoms with Crippen LogP contribution < -0.4 is 10.6 Å². The first-order valence-electron chi connectivity index (χ1n) is 10.0. The second kappa shape index (κ2) is 9.60. The molecule has 2 amide bonds. The van der Waals surface area contributed by atoms with Crippen LogP contribution in [0.2, 0.25) is 0 Å². The van der Waals surface area contributed by atoms with Crippen LogP contribution in [-0.4, -0.2) is 54.7 Å². The van der Waals surface area contributed by atoms with Crippen LogP contribution in [0.4, 0.5) is 0 Å². The second-order valence-electron chi connectivity index (χ2n) is 7.80. The van der Waals surface area contributed by atoms with Gasteiger partial charge in [-0.2, -0.15) is 0 Å². The molecule has 2 N–H and O–H groups in total. The summed E-state index contributed by atoms with van der Waals surface area (Å²) in [4.78, 5) is 28.0. The molecule has 0 spiro atoms. The van der Waals surface area contributed by atoms with Gasteiger partial charge in [0.25, 0.3) is 0 Å². The van der Waals surface area contributed by atoms with Crippen molar-refractivity contribution in [3.8, 4) is 0 Å². The van der Waals surface area contributed by atoms with Crippen molar-refractivity contribution in [2.24, 2.45) is 5.92 Å². The molecule has 1 aromatic rings. The standard InChI is InChI=1S/C21H31N3O2S/c1-15-7-8-19(16(2)11-15)27-14-20(25)24-10-4-5-17(13-24)12-23-21(26)18-6-3-9-22-18/h7-8,11,17-18,22H,3-6,9-10,12-14H2,1-2H3,(H,23,26). The van der Waals surface area contributed by atoms with Gasteiger partial charge in [0.1, 0.15) is 0 Å². The summed E-state index contributed by atoms with van der Waals surface area (Å²) in [6.45, 7) is 7.37. The number of hydrogen-bond acceptors (Lipinski definition) is 4. The van der Waals surface area contributed by atoms with E-state index in [0.717, 1.165) is 45.3 Å². The Morgan fingerprint density at radius 1 is 1.26 bits per heavy atom. The van der Waals surface area contributed by atoms with Crippen LogP contribution in [0.25, 0.3) is 0 Å². The Balaban J connectivity index is 1.44. The zero-order valence-electron chi connectivity index (χ0n) is 16.4. The molecule has 2 aliphatic rings. The maximum absolute atomic E-state index is 12.7. The van der Waals surface area contributed by atoms with Crippen LogP contribution in [0, 0.1) is 19.8 Å². The van der Waals surface area contributed by atoms with Crippen molar-refractivity contribution in [2.45, 2.75) is 50.5 Å². The molecule has 2 saturated heterocycles. The summed E-state index contributed by atoms with van der Waals surface area (Å²) < 4.78 is 0. The highest BCUT2D eigenvalue weighted by Crippen LogP contribution is 2.24. The van der Waals surface area contributed by atoms with E-state index in [1.54, 1.807) is 11.8 Å². The SMILES string of the molecule is Cc1ccc(SCC(=O)N2CCCC(CNC(=O)C3CCCN3)C2)c(C)c1. The molecule has 2 aliphatic heterocycles. The Kier molecular flexibility index (Phi) is 7.19. The van der Waals surface area contributed by atoms with Crippen LogP contribution in [0.5, 0.6) is 0 Å². The number of carbonyl (C=O) groups excluding carboxylic acids is 2. The van der Waals surface area contributed by atoms with E-state index in [2.05, 4.69) is 42.7 Å². The average molecular weight is 390 g/mol. The zero-order valence-corrected chi connectivity index (χ0v) is 17.2. The molecule has 0 saturated carbocycles. The number of amides is 2. The quantitative estimate of drug-likeness (QED) is 0.734. The van der Waals surface area contributed by atoms with E-state index in [1.165, 1.54) is 16.0 Å². The van der Waals surface area contributed by atoms with Gasteiger partial charge in [-0.05, 0) is 63.6 Å². The van der Waals surface area contributed by atoms with Gasteiger partial charge < -0.3 is 15.5 Å². The van der Waals surface area contributed by atoms with Gasteiger partial charge >= 0.3 is 0 Å². The lowest BCUT2D eigenvalue weighted by atomic mass is 9.98. The Morgan fingerprint density at radius 3 is 2.85 bits per heavy atom. The van der Waals surface area contributed by atoms with Gasteiger partial charge in [0.2, 0.25) is 11.8 Å². The first-order chi connectivity index (χ1) is 13.0. The van der Waals surface area contributed by atoms with Gasteiger partial charge in [0.05, 0.1) is 11.8 Å². The summed E-state index contributed by atoms with van der Waals surface area (Å²) in [5, 5.41) is 6.31. The van der Waals surface area contributed by atoms with E-state index < -0.39 is 0 Å². The van der Waals surface area contributed by atoms with Gasteiger partial charge in [-0.15, -0.1) is 11.8 Å². The summed E-state index contributed by atoms with van der Waals surface area (Å²) in [5.41, 5.74) is 2.48. The third-order valence-electron chi connectivity index (χ3n) is 5.50. The predicted molar refractivity (Wildman–Crippen MR) is 110 cm³/mol. The van der Waals surface area contributed by atoms with E-state index in [0.29, 0.717) is 18.2 Å². The molecule has 2 fully saturated rings. The lowest BCUT2D eigenvalue weighted by Crippen LogP contribution is -2.47. The summed E-state index contributed by atoms with van der Waals surface area (Å²) in [6.07, 6.45) is 4.09. The number of rotatable bonds is 6. The topological polar surface area (TPSA) is 61.4 Å². The fourth-order valence-corrected chi connectivity index (χ4v) is 4.84. The summed E-state index contributed by atoms with van der Waals surface area (Å²) >= 11 is 1.62. The number of nitrogens with one attached hydrogen (secondary N) is 2. The fourth-order valence-electron chi connectivity index (χ4n) is 3.93. The molecule has 1 aromatic carbocycles. The highest BCUT2D eigenvalue weighted by atomic mass is 32.2. The molecule has 3 rings (SSSR count). The molecular weight excluding hydrogens is 358 g/mol. The third-order valence-corrected chi connectivity index (χ3v) is 6.66. The number of nitrogens with zero attached hydrogens (tertiary/aromatic N) is 1. The zero-order chi connectivity index (χ0) is 19.2. The molecule has 148 valence electrons. The first kappa shape index (κ1) is 20.2. The third kappa shape index (κ3) is 5.72. The minimum absolute atomic E-state index is 0.0273. The van der Waals surface area contributed by atoms with Gasteiger partial charge in [-0.3, -0.25) is 9.59 Å². The second-order valence-corrected chi connectivity index (χ2v) is 8.82. The van der Waals surface area contributed by atoms with E-state index in [1.807, 2.05) is 4.90 Å². The van der Waals surface area contributed by atoms with E-state index in [4.69, 9.17) is 0 Å². The smallest absolute Gasteiger partial charge is 0.237 e. The van der Waals surface area contributed by atoms with Gasteiger partial charge in [-0.1, -0.05) is 17.7 Å². The largest absolute Gasteiger partial charge is 0.354 e. The number of piperidine rings is 1. The molecule has 0 bridgehead atoms. The molecule has 2 unspecified atom stereocenters. The molecule has 0 aliphatic carbocycles. The summed E-state index contributed by atoms with van der Waals surface area (Å²) in [5.74, 6) is 1.16. The number of thioether (sulfide) groups is 1. The van der Waals surface area contributed by atoms with Crippen molar-refractivity contribution in [3.05, 3.63) is 29.3 Å². The molecule has 6 heteroatoms. The molecular formula is C21H31N3O2S.